The average Bonchev–Trinajstić information content (AvgIpc) is 2.66. The van der Waals surface area contributed by atoms with E-state index in [9.17, 15) is 4.79 Å². The van der Waals surface area contributed by atoms with Gasteiger partial charge >= 0.3 is 0 Å². The van der Waals surface area contributed by atoms with Crippen molar-refractivity contribution in [2.24, 2.45) is 0 Å². The number of carbonyl (C=O) groups excluding carboxylic acids is 1. The van der Waals surface area contributed by atoms with E-state index in [1.54, 1.807) is 0 Å². The van der Waals surface area contributed by atoms with Gasteiger partial charge in [0.15, 0.2) is 0 Å². The largest absolute Gasteiger partial charge is 0.349 e. The summed E-state index contributed by atoms with van der Waals surface area (Å²) in [4.78, 5) is 12.5. The molecule has 2 nitrogen and oxygen atoms in total. The minimum Gasteiger partial charge on any atom is -0.349 e. The first-order chi connectivity index (χ1) is 12.6. The maximum Gasteiger partial charge on any atom is 0.220 e. The number of carbonyl (C=O) groups is 1. The van der Waals surface area contributed by atoms with Crippen LogP contribution in [0.5, 0.6) is 0 Å². The Labute approximate surface area is 156 Å². The van der Waals surface area contributed by atoms with Crippen LogP contribution in [0, 0.1) is 13.8 Å². The van der Waals surface area contributed by atoms with E-state index in [4.69, 9.17) is 0 Å². The second kappa shape index (κ2) is 8.18. The molecule has 0 saturated carbocycles. The van der Waals surface area contributed by atoms with Crippen LogP contribution in [0.15, 0.2) is 60.7 Å². The van der Waals surface area contributed by atoms with Crippen molar-refractivity contribution in [3.63, 3.8) is 0 Å². The van der Waals surface area contributed by atoms with Crippen molar-refractivity contribution in [2.75, 3.05) is 0 Å². The number of fused-ring (bicyclic) bond motifs is 1. The molecule has 0 aromatic heterocycles. The first-order valence-electron chi connectivity index (χ1n) is 9.41. The van der Waals surface area contributed by atoms with Gasteiger partial charge in [0, 0.05) is 6.42 Å². The topological polar surface area (TPSA) is 29.1 Å². The second-order valence-electron chi connectivity index (χ2n) is 7.01. The van der Waals surface area contributed by atoms with Crippen molar-refractivity contribution in [1.29, 1.82) is 0 Å². The van der Waals surface area contributed by atoms with Crippen LogP contribution in [0.2, 0.25) is 0 Å². The molecule has 1 amide bonds. The standard InChI is InChI=1S/C24H27NO/c1-4-23(21-13-12-17(2)18(3)16-21)25-24(26)15-14-20-10-7-9-19-8-5-6-11-22(19)20/h5-13,16,23H,4,14-15H2,1-3H3,(H,25,26)/t23-/m0/s1. The number of nitrogens with one attached hydrogen (secondary N) is 1. The van der Waals surface area contributed by atoms with E-state index in [2.05, 4.69) is 80.7 Å². The molecule has 3 aromatic carbocycles. The molecule has 1 atom stereocenters. The fourth-order valence-electron chi connectivity index (χ4n) is 3.43. The molecule has 0 spiro atoms. The predicted octanol–water partition coefficient (Wildman–Crippen LogP) is 5.66. The zero-order chi connectivity index (χ0) is 18.5. The van der Waals surface area contributed by atoms with Gasteiger partial charge in [-0.2, -0.15) is 0 Å². The number of hydrogen-bond acceptors (Lipinski definition) is 1. The number of benzene rings is 3. The van der Waals surface area contributed by atoms with Gasteiger partial charge in [-0.15, -0.1) is 0 Å². The lowest BCUT2D eigenvalue weighted by Gasteiger charge is -2.19. The maximum atomic E-state index is 12.5. The van der Waals surface area contributed by atoms with E-state index < -0.39 is 0 Å². The monoisotopic (exact) mass is 345 g/mol. The molecule has 2 heteroatoms. The third kappa shape index (κ3) is 4.13. The van der Waals surface area contributed by atoms with E-state index in [0.717, 1.165) is 12.8 Å². The number of aryl methyl sites for hydroxylation is 3. The molecular weight excluding hydrogens is 318 g/mol. The van der Waals surface area contributed by atoms with Crippen molar-refractivity contribution in [3.8, 4) is 0 Å². The Balaban J connectivity index is 1.66. The van der Waals surface area contributed by atoms with Gasteiger partial charge in [-0.3, -0.25) is 4.79 Å². The van der Waals surface area contributed by atoms with Gasteiger partial charge in [0.05, 0.1) is 6.04 Å². The molecule has 134 valence electrons. The second-order valence-corrected chi connectivity index (χ2v) is 7.01. The number of amides is 1. The summed E-state index contributed by atoms with van der Waals surface area (Å²) in [6, 6.07) is 21.2. The minimum atomic E-state index is 0.0781. The van der Waals surface area contributed by atoms with E-state index in [1.807, 2.05) is 6.07 Å². The molecule has 0 aliphatic rings. The molecule has 0 saturated heterocycles. The normalized spacial score (nSPS) is 12.1. The van der Waals surface area contributed by atoms with Crippen LogP contribution < -0.4 is 5.32 Å². The van der Waals surface area contributed by atoms with Crippen LogP contribution in [0.25, 0.3) is 10.8 Å². The highest BCUT2D eigenvalue weighted by atomic mass is 16.1. The van der Waals surface area contributed by atoms with Gasteiger partial charge in [0.2, 0.25) is 5.91 Å². The number of rotatable bonds is 6. The zero-order valence-corrected chi connectivity index (χ0v) is 15.9. The molecule has 3 rings (SSSR count). The summed E-state index contributed by atoms with van der Waals surface area (Å²) in [5, 5.41) is 5.68. The van der Waals surface area contributed by atoms with Crippen LogP contribution in [0.3, 0.4) is 0 Å². The van der Waals surface area contributed by atoms with E-state index >= 15 is 0 Å². The third-order valence-electron chi connectivity index (χ3n) is 5.18. The average molecular weight is 345 g/mol. The van der Waals surface area contributed by atoms with Crippen molar-refractivity contribution >= 4 is 16.7 Å². The van der Waals surface area contributed by atoms with Crippen LogP contribution in [0.1, 0.15) is 48.1 Å². The molecule has 0 fully saturated rings. The third-order valence-corrected chi connectivity index (χ3v) is 5.18. The van der Waals surface area contributed by atoms with Crippen LogP contribution >= 0.6 is 0 Å². The quantitative estimate of drug-likeness (QED) is 0.614. The maximum absolute atomic E-state index is 12.5. The fraction of sp³-hybridized carbons (Fsp3) is 0.292. The fourth-order valence-corrected chi connectivity index (χ4v) is 3.43. The highest BCUT2D eigenvalue weighted by Gasteiger charge is 2.13. The smallest absolute Gasteiger partial charge is 0.220 e. The molecule has 3 aromatic rings. The summed E-state index contributed by atoms with van der Waals surface area (Å²) < 4.78 is 0. The molecule has 1 N–H and O–H groups in total. The summed E-state index contributed by atoms with van der Waals surface area (Å²) in [6.45, 7) is 6.35. The lowest BCUT2D eigenvalue weighted by molar-refractivity contribution is -0.121. The molecule has 0 bridgehead atoms. The molecule has 0 aliphatic carbocycles. The van der Waals surface area contributed by atoms with E-state index in [1.165, 1.54) is 33.0 Å². The Morgan fingerprint density at radius 3 is 2.50 bits per heavy atom. The molecule has 0 unspecified atom stereocenters. The Morgan fingerprint density at radius 1 is 0.962 bits per heavy atom. The van der Waals surface area contributed by atoms with Crippen molar-refractivity contribution in [2.45, 2.75) is 46.1 Å². The Bertz CT molecular complexity index is 908. The molecule has 0 radical (unpaired) electrons. The highest BCUT2D eigenvalue weighted by molar-refractivity contribution is 5.86. The predicted molar refractivity (Wildman–Crippen MR) is 109 cm³/mol. The van der Waals surface area contributed by atoms with Crippen molar-refractivity contribution < 1.29 is 4.79 Å². The Hall–Kier alpha value is -2.61. The van der Waals surface area contributed by atoms with Crippen LogP contribution in [-0.2, 0) is 11.2 Å². The Kier molecular flexibility index (Phi) is 5.72. The number of hydrogen-bond donors (Lipinski definition) is 1. The van der Waals surface area contributed by atoms with Gasteiger partial charge in [-0.05, 0) is 59.7 Å². The van der Waals surface area contributed by atoms with Gasteiger partial charge in [0.25, 0.3) is 0 Å². The zero-order valence-electron chi connectivity index (χ0n) is 15.9. The van der Waals surface area contributed by atoms with Crippen LogP contribution in [0.4, 0.5) is 0 Å². The minimum absolute atomic E-state index is 0.0781. The summed E-state index contributed by atoms with van der Waals surface area (Å²) in [6.07, 6.45) is 2.16. The summed E-state index contributed by atoms with van der Waals surface area (Å²) in [5.41, 5.74) is 4.98. The lowest BCUT2D eigenvalue weighted by atomic mass is 9.98. The SMILES string of the molecule is CC[C@H](NC(=O)CCc1cccc2ccccc12)c1ccc(C)c(C)c1. The lowest BCUT2D eigenvalue weighted by Crippen LogP contribution is -2.28. The summed E-state index contributed by atoms with van der Waals surface area (Å²) >= 11 is 0. The summed E-state index contributed by atoms with van der Waals surface area (Å²) in [7, 11) is 0. The molecule has 26 heavy (non-hydrogen) atoms. The molecular formula is C24H27NO. The molecule has 0 heterocycles. The first kappa shape index (κ1) is 18.2. The van der Waals surface area contributed by atoms with Crippen molar-refractivity contribution in [1.82, 2.24) is 5.32 Å². The van der Waals surface area contributed by atoms with Crippen LogP contribution in [-0.4, -0.2) is 5.91 Å². The first-order valence-corrected chi connectivity index (χ1v) is 9.41. The highest BCUT2D eigenvalue weighted by Crippen LogP contribution is 2.22. The summed E-state index contributed by atoms with van der Waals surface area (Å²) in [5.74, 6) is 0.114. The van der Waals surface area contributed by atoms with Gasteiger partial charge < -0.3 is 5.32 Å². The van der Waals surface area contributed by atoms with E-state index in [0.29, 0.717) is 6.42 Å². The molecule has 0 aliphatic heterocycles. The Morgan fingerprint density at radius 2 is 1.73 bits per heavy atom. The van der Waals surface area contributed by atoms with Gasteiger partial charge in [-0.25, -0.2) is 0 Å². The van der Waals surface area contributed by atoms with Gasteiger partial charge in [0.1, 0.15) is 0 Å². The van der Waals surface area contributed by atoms with Crippen molar-refractivity contribution in [3.05, 3.63) is 82.9 Å². The van der Waals surface area contributed by atoms with Gasteiger partial charge in [-0.1, -0.05) is 67.6 Å². The van der Waals surface area contributed by atoms with E-state index in [-0.39, 0.29) is 11.9 Å².